The molecule has 2 aliphatic rings. The number of likely N-dealkylation sites (tertiary alicyclic amines) is 1. The van der Waals surface area contributed by atoms with E-state index >= 15 is 0 Å². The van der Waals surface area contributed by atoms with Crippen LogP contribution in [0.3, 0.4) is 0 Å². The van der Waals surface area contributed by atoms with E-state index in [0.717, 1.165) is 53.7 Å². The Morgan fingerprint density at radius 1 is 1.10 bits per heavy atom. The van der Waals surface area contributed by atoms with Gasteiger partial charge in [-0.05, 0) is 72.3 Å². The van der Waals surface area contributed by atoms with Crippen LogP contribution in [0.4, 0.5) is 11.5 Å². The normalized spacial score (nSPS) is 15.9. The zero-order valence-electron chi connectivity index (χ0n) is 23.9. The number of aromatic nitrogens is 4. The van der Waals surface area contributed by atoms with Crippen molar-refractivity contribution in [2.24, 2.45) is 5.92 Å². The van der Waals surface area contributed by atoms with Crippen molar-refractivity contribution in [3.63, 3.8) is 0 Å². The van der Waals surface area contributed by atoms with Gasteiger partial charge in [-0.25, -0.2) is 9.50 Å². The Hall–Kier alpha value is -3.99. The molecule has 218 valence electrons. The second-order valence-corrected chi connectivity index (χ2v) is 12.4. The molecule has 1 aliphatic heterocycles. The molecule has 0 atom stereocenters. The number of nitrogen functional groups attached to an aromatic ring is 1. The fourth-order valence-electron chi connectivity index (χ4n) is 5.88. The molecule has 42 heavy (non-hydrogen) atoms. The Bertz CT molecular complexity index is 1750. The van der Waals surface area contributed by atoms with E-state index in [1.165, 1.54) is 6.33 Å². The molecule has 3 N–H and O–H groups in total. The molecule has 0 bridgehead atoms. The summed E-state index contributed by atoms with van der Waals surface area (Å²) in [6.45, 7) is 7.18. The summed E-state index contributed by atoms with van der Waals surface area (Å²) in [4.78, 5) is 44.7. The number of nitrogens with two attached hydrogens (primary N) is 1. The SMILES string of the molecule is Cc1c(Br)c(=O)c(C(=O)Nc2ccc(-c3cc(C4CCN(C(=O)C(C)C)CC4)n4ncnc(N)c34)cc2)cn1C1CC1. The van der Waals surface area contributed by atoms with E-state index in [4.69, 9.17) is 5.73 Å². The van der Waals surface area contributed by atoms with E-state index in [1.807, 2.05) is 59.0 Å². The molecule has 2 amide bonds. The monoisotopic (exact) mass is 631 g/mol. The number of fused-ring (bicyclic) bond motifs is 1. The van der Waals surface area contributed by atoms with Crippen LogP contribution < -0.4 is 16.5 Å². The summed E-state index contributed by atoms with van der Waals surface area (Å²) < 4.78 is 4.31. The third-order valence-corrected chi connectivity index (χ3v) is 9.32. The minimum Gasteiger partial charge on any atom is -0.382 e. The summed E-state index contributed by atoms with van der Waals surface area (Å²) in [5.74, 6) is 0.343. The first kappa shape index (κ1) is 28.1. The van der Waals surface area contributed by atoms with Crippen molar-refractivity contribution >= 4 is 44.8 Å². The molecule has 4 aromatic rings. The first-order valence-corrected chi connectivity index (χ1v) is 15.2. The molecule has 2 fully saturated rings. The lowest BCUT2D eigenvalue weighted by atomic mass is 9.92. The lowest BCUT2D eigenvalue weighted by Crippen LogP contribution is -2.40. The first-order valence-electron chi connectivity index (χ1n) is 14.4. The quantitative estimate of drug-likeness (QED) is 0.302. The number of pyridine rings is 1. The average molecular weight is 633 g/mol. The Morgan fingerprint density at radius 2 is 1.79 bits per heavy atom. The van der Waals surface area contributed by atoms with Gasteiger partial charge in [0.05, 0.1) is 4.47 Å². The predicted octanol–water partition coefficient (Wildman–Crippen LogP) is 5.16. The number of carbonyl (C=O) groups is 2. The molecule has 1 aromatic carbocycles. The van der Waals surface area contributed by atoms with Crippen molar-refractivity contribution in [3.05, 3.63) is 74.5 Å². The van der Waals surface area contributed by atoms with Gasteiger partial charge in [-0.1, -0.05) is 26.0 Å². The van der Waals surface area contributed by atoms with Crippen LogP contribution in [0.2, 0.25) is 0 Å². The van der Waals surface area contributed by atoms with Gasteiger partial charge in [-0.3, -0.25) is 14.4 Å². The number of carbonyl (C=O) groups excluding carboxylic acids is 2. The lowest BCUT2D eigenvalue weighted by Gasteiger charge is -2.33. The number of nitrogens with one attached hydrogen (secondary N) is 1. The smallest absolute Gasteiger partial charge is 0.261 e. The summed E-state index contributed by atoms with van der Waals surface area (Å²) >= 11 is 3.38. The van der Waals surface area contributed by atoms with Crippen LogP contribution in [0.1, 0.15) is 73.2 Å². The van der Waals surface area contributed by atoms with Crippen molar-refractivity contribution in [2.45, 2.75) is 58.4 Å². The fraction of sp³-hybridized carbons (Fsp3) is 0.387. The number of amides is 2. The number of nitrogens with zero attached hydrogens (tertiary/aromatic N) is 5. The molecule has 10 nitrogen and oxygen atoms in total. The Balaban J connectivity index is 1.25. The molecule has 1 aliphatic carbocycles. The number of rotatable bonds is 6. The standard InChI is InChI=1S/C31H34BrN7O3/c1-17(2)31(42)37-12-10-20(11-13-37)25-14-23(27-29(33)34-16-35-39(25)27)19-4-6-21(7-5-19)36-30(41)24-15-38(22-8-9-22)18(3)26(32)28(24)40/h4-7,14-17,20,22H,8-13H2,1-3H3,(H,36,41)(H2,33,34,35). The second-order valence-electron chi connectivity index (χ2n) is 11.6. The Morgan fingerprint density at radius 3 is 2.43 bits per heavy atom. The third-order valence-electron chi connectivity index (χ3n) is 8.38. The van der Waals surface area contributed by atoms with E-state index in [0.29, 0.717) is 35.1 Å². The number of hydrogen-bond acceptors (Lipinski definition) is 6. The van der Waals surface area contributed by atoms with Crippen molar-refractivity contribution in [3.8, 4) is 11.1 Å². The van der Waals surface area contributed by atoms with E-state index in [1.54, 1.807) is 6.20 Å². The first-order chi connectivity index (χ1) is 20.1. The predicted molar refractivity (Wildman–Crippen MR) is 166 cm³/mol. The van der Waals surface area contributed by atoms with Gasteiger partial charge in [0.15, 0.2) is 5.82 Å². The second kappa shape index (κ2) is 11.0. The Kier molecular flexibility index (Phi) is 7.38. The van der Waals surface area contributed by atoms with Gasteiger partial charge in [0.1, 0.15) is 17.4 Å². The van der Waals surface area contributed by atoms with E-state index in [9.17, 15) is 14.4 Å². The summed E-state index contributed by atoms with van der Waals surface area (Å²) in [6, 6.07) is 9.91. The topological polar surface area (TPSA) is 128 Å². The molecule has 11 heteroatoms. The van der Waals surface area contributed by atoms with Crippen molar-refractivity contribution in [1.29, 1.82) is 0 Å². The molecular formula is C31H34BrN7O3. The summed E-state index contributed by atoms with van der Waals surface area (Å²) in [6.07, 6.45) is 6.91. The van der Waals surface area contributed by atoms with Gasteiger partial charge in [-0.15, -0.1) is 0 Å². The average Bonchev–Trinajstić information content (AvgIpc) is 3.75. The van der Waals surface area contributed by atoms with Gasteiger partial charge in [0.2, 0.25) is 11.3 Å². The maximum absolute atomic E-state index is 13.1. The molecule has 6 rings (SSSR count). The fourth-order valence-corrected chi connectivity index (χ4v) is 6.30. The molecule has 0 spiro atoms. The Labute approximate surface area is 252 Å². The van der Waals surface area contributed by atoms with Crippen LogP contribution in [0, 0.1) is 12.8 Å². The van der Waals surface area contributed by atoms with Gasteiger partial charge in [0.25, 0.3) is 5.91 Å². The molecule has 3 aromatic heterocycles. The highest BCUT2D eigenvalue weighted by Gasteiger charge is 2.29. The molecule has 4 heterocycles. The van der Waals surface area contributed by atoms with Gasteiger partial charge >= 0.3 is 0 Å². The number of halogens is 1. The summed E-state index contributed by atoms with van der Waals surface area (Å²) in [7, 11) is 0. The number of piperidine rings is 1. The molecular weight excluding hydrogens is 598 g/mol. The van der Waals surface area contributed by atoms with Crippen LogP contribution in [-0.4, -0.2) is 49.0 Å². The highest BCUT2D eigenvalue weighted by atomic mass is 79.9. The molecule has 0 unspecified atom stereocenters. The van der Waals surface area contributed by atoms with Gasteiger partial charge < -0.3 is 20.5 Å². The maximum atomic E-state index is 13.1. The van der Waals surface area contributed by atoms with Crippen LogP contribution in [0.15, 0.2) is 52.1 Å². The lowest BCUT2D eigenvalue weighted by molar-refractivity contribution is -0.135. The molecule has 1 saturated carbocycles. The van der Waals surface area contributed by atoms with Crippen LogP contribution in [-0.2, 0) is 4.79 Å². The van der Waals surface area contributed by atoms with Crippen LogP contribution in [0.5, 0.6) is 0 Å². The van der Waals surface area contributed by atoms with Crippen molar-refractivity contribution in [2.75, 3.05) is 24.1 Å². The number of hydrogen-bond donors (Lipinski definition) is 2. The zero-order valence-corrected chi connectivity index (χ0v) is 25.5. The largest absolute Gasteiger partial charge is 0.382 e. The maximum Gasteiger partial charge on any atom is 0.261 e. The van der Waals surface area contributed by atoms with E-state index in [-0.39, 0.29) is 28.7 Å². The highest BCUT2D eigenvalue weighted by Crippen LogP contribution is 2.38. The van der Waals surface area contributed by atoms with Crippen LogP contribution in [0.25, 0.3) is 16.6 Å². The summed E-state index contributed by atoms with van der Waals surface area (Å²) in [5.41, 5.74) is 11.1. The third kappa shape index (κ3) is 5.10. The van der Waals surface area contributed by atoms with E-state index < -0.39 is 5.91 Å². The van der Waals surface area contributed by atoms with E-state index in [2.05, 4.69) is 37.4 Å². The number of anilines is 2. The van der Waals surface area contributed by atoms with Crippen molar-refractivity contribution < 1.29 is 9.59 Å². The van der Waals surface area contributed by atoms with Gasteiger partial charge in [-0.2, -0.15) is 5.10 Å². The van der Waals surface area contributed by atoms with Crippen molar-refractivity contribution in [1.82, 2.24) is 24.1 Å². The van der Waals surface area contributed by atoms with Gasteiger partial charge in [0, 0.05) is 59.8 Å². The highest BCUT2D eigenvalue weighted by molar-refractivity contribution is 9.10. The van der Waals surface area contributed by atoms with Crippen LogP contribution >= 0.6 is 15.9 Å². The minimum atomic E-state index is -0.445. The molecule has 1 saturated heterocycles. The zero-order chi connectivity index (χ0) is 29.7. The molecule has 0 radical (unpaired) electrons. The minimum absolute atomic E-state index is 0.0113. The number of benzene rings is 1. The summed E-state index contributed by atoms with van der Waals surface area (Å²) in [5, 5.41) is 7.41.